The zero-order valence-electron chi connectivity index (χ0n) is 10.7. The molecule has 0 aliphatic carbocycles. The van der Waals surface area contributed by atoms with Crippen molar-refractivity contribution in [2.75, 3.05) is 19.6 Å². The molecule has 5 nitrogen and oxygen atoms in total. The third kappa shape index (κ3) is 6.07. The van der Waals surface area contributed by atoms with Gasteiger partial charge < -0.3 is 15.3 Å². The molecule has 0 radical (unpaired) electrons. The van der Waals surface area contributed by atoms with Gasteiger partial charge in [0.1, 0.15) is 0 Å². The van der Waals surface area contributed by atoms with Crippen molar-refractivity contribution in [2.24, 2.45) is 0 Å². The first kappa shape index (κ1) is 16.0. The Morgan fingerprint density at radius 2 is 2.21 bits per heavy atom. The quantitative estimate of drug-likeness (QED) is 0.795. The molecule has 1 aromatic rings. The summed E-state index contributed by atoms with van der Waals surface area (Å²) in [5.41, 5.74) is 0. The molecule has 1 rings (SSSR count). The molecule has 0 atom stereocenters. The summed E-state index contributed by atoms with van der Waals surface area (Å²) in [5.74, 6) is -0.894. The lowest BCUT2D eigenvalue weighted by Gasteiger charge is -2.20. The minimum Gasteiger partial charge on any atom is -0.481 e. The van der Waals surface area contributed by atoms with Gasteiger partial charge in [-0.2, -0.15) is 0 Å². The number of carboxylic acid groups (broad SMARTS) is 1. The Bertz CT molecular complexity index is 436. The molecule has 0 fully saturated rings. The van der Waals surface area contributed by atoms with Gasteiger partial charge in [0.2, 0.25) is 0 Å². The largest absolute Gasteiger partial charge is 0.481 e. The van der Waals surface area contributed by atoms with Crippen molar-refractivity contribution in [2.45, 2.75) is 19.8 Å². The summed E-state index contributed by atoms with van der Waals surface area (Å²) in [7, 11) is 0. The van der Waals surface area contributed by atoms with Gasteiger partial charge in [-0.05, 0) is 41.4 Å². The third-order valence-electron chi connectivity index (χ3n) is 2.54. The molecule has 0 bridgehead atoms. The Morgan fingerprint density at radius 1 is 1.47 bits per heavy atom. The molecule has 0 saturated carbocycles. The van der Waals surface area contributed by atoms with Gasteiger partial charge in [-0.25, -0.2) is 4.79 Å². The van der Waals surface area contributed by atoms with Crippen LogP contribution >= 0.6 is 27.3 Å². The van der Waals surface area contributed by atoms with E-state index < -0.39 is 5.97 Å². The lowest BCUT2D eigenvalue weighted by molar-refractivity contribution is -0.137. The molecular formula is C12H17BrN2O3S. The minimum atomic E-state index is -0.894. The van der Waals surface area contributed by atoms with E-state index in [4.69, 9.17) is 5.11 Å². The summed E-state index contributed by atoms with van der Waals surface area (Å²) >= 11 is 5.03. The highest BCUT2D eigenvalue weighted by atomic mass is 79.9. The van der Waals surface area contributed by atoms with E-state index in [1.807, 2.05) is 19.1 Å². The molecule has 7 heteroatoms. The highest BCUT2D eigenvalue weighted by molar-refractivity contribution is 9.11. The van der Waals surface area contributed by atoms with Crippen LogP contribution in [0.15, 0.2) is 15.9 Å². The number of aliphatic carboxylic acids is 1. The van der Waals surface area contributed by atoms with Crippen molar-refractivity contribution >= 4 is 39.3 Å². The number of amides is 2. The van der Waals surface area contributed by atoms with Crippen molar-refractivity contribution in [3.8, 4) is 0 Å². The van der Waals surface area contributed by atoms with Crippen LogP contribution in [0, 0.1) is 0 Å². The van der Waals surface area contributed by atoms with E-state index in [9.17, 15) is 9.59 Å². The van der Waals surface area contributed by atoms with Gasteiger partial charge in [0, 0.05) is 24.5 Å². The predicted molar refractivity (Wildman–Crippen MR) is 78.6 cm³/mol. The number of halogens is 1. The number of hydrogen-bond donors (Lipinski definition) is 2. The van der Waals surface area contributed by atoms with Crippen LogP contribution in [-0.2, 0) is 11.2 Å². The van der Waals surface area contributed by atoms with Crippen LogP contribution in [0.4, 0.5) is 4.79 Å². The maximum Gasteiger partial charge on any atom is 0.317 e. The number of carbonyl (C=O) groups excluding carboxylic acids is 1. The lowest BCUT2D eigenvalue weighted by atomic mass is 10.3. The SMILES string of the molecule is CCN(CCC(=O)O)C(=O)NCCc1ccc(Br)s1. The number of carboxylic acids is 1. The van der Waals surface area contributed by atoms with Crippen molar-refractivity contribution in [1.29, 1.82) is 0 Å². The summed E-state index contributed by atoms with van der Waals surface area (Å²) < 4.78 is 1.07. The fourth-order valence-corrected chi connectivity index (χ4v) is 3.01. The van der Waals surface area contributed by atoms with Crippen LogP contribution in [0.3, 0.4) is 0 Å². The highest BCUT2D eigenvalue weighted by Crippen LogP contribution is 2.21. The predicted octanol–water partition coefficient (Wildman–Crippen LogP) is 2.56. The normalized spacial score (nSPS) is 10.2. The molecule has 0 aliphatic heterocycles. The Labute approximate surface area is 124 Å². The van der Waals surface area contributed by atoms with Crippen molar-refractivity contribution in [3.05, 3.63) is 20.8 Å². The van der Waals surface area contributed by atoms with Crippen LogP contribution < -0.4 is 5.32 Å². The van der Waals surface area contributed by atoms with E-state index in [1.165, 1.54) is 9.78 Å². The van der Waals surface area contributed by atoms with Crippen LogP contribution in [0.1, 0.15) is 18.2 Å². The van der Waals surface area contributed by atoms with Crippen LogP contribution in [0.2, 0.25) is 0 Å². The maximum atomic E-state index is 11.8. The lowest BCUT2D eigenvalue weighted by Crippen LogP contribution is -2.41. The second-order valence-electron chi connectivity index (χ2n) is 3.91. The summed E-state index contributed by atoms with van der Waals surface area (Å²) in [5, 5.41) is 11.4. The topological polar surface area (TPSA) is 69.6 Å². The van der Waals surface area contributed by atoms with Crippen LogP contribution in [0.5, 0.6) is 0 Å². The number of nitrogens with one attached hydrogen (secondary N) is 1. The molecule has 2 N–H and O–H groups in total. The molecule has 1 heterocycles. The molecule has 2 amide bonds. The minimum absolute atomic E-state index is 0.0286. The van der Waals surface area contributed by atoms with Gasteiger partial charge in [0.15, 0.2) is 0 Å². The second-order valence-corrected chi connectivity index (χ2v) is 6.46. The molecule has 106 valence electrons. The molecule has 0 aliphatic rings. The van der Waals surface area contributed by atoms with Gasteiger partial charge in [-0.3, -0.25) is 4.79 Å². The zero-order valence-corrected chi connectivity index (χ0v) is 13.1. The molecule has 19 heavy (non-hydrogen) atoms. The molecule has 0 aromatic carbocycles. The van der Waals surface area contributed by atoms with E-state index >= 15 is 0 Å². The highest BCUT2D eigenvalue weighted by Gasteiger charge is 2.12. The van der Waals surface area contributed by atoms with Gasteiger partial charge in [0.05, 0.1) is 10.2 Å². The van der Waals surface area contributed by atoms with Crippen molar-refractivity contribution in [3.63, 3.8) is 0 Å². The summed E-state index contributed by atoms with van der Waals surface area (Å²) in [6.45, 7) is 3.12. The fourth-order valence-electron chi connectivity index (χ4n) is 1.52. The fraction of sp³-hybridized carbons (Fsp3) is 0.500. The van der Waals surface area contributed by atoms with Gasteiger partial charge >= 0.3 is 12.0 Å². The standard InChI is InChI=1S/C12H17BrN2O3S/c1-2-15(8-6-11(16)17)12(18)14-7-5-9-3-4-10(13)19-9/h3-4H,2,5-8H2,1H3,(H,14,18)(H,16,17). The molecule has 1 aromatic heterocycles. The molecular weight excluding hydrogens is 332 g/mol. The Hall–Kier alpha value is -1.08. The number of rotatable bonds is 7. The van der Waals surface area contributed by atoms with E-state index in [2.05, 4.69) is 21.2 Å². The summed E-state index contributed by atoms with van der Waals surface area (Å²) in [6.07, 6.45) is 0.748. The summed E-state index contributed by atoms with van der Waals surface area (Å²) in [6, 6.07) is 3.79. The Kier molecular flexibility index (Phi) is 6.86. The second kappa shape index (κ2) is 8.16. The first-order chi connectivity index (χ1) is 9.02. The first-order valence-corrected chi connectivity index (χ1v) is 7.62. The first-order valence-electron chi connectivity index (χ1n) is 6.01. The van der Waals surface area contributed by atoms with Gasteiger partial charge in [0.25, 0.3) is 0 Å². The molecule has 0 spiro atoms. The molecule has 0 saturated heterocycles. The van der Waals surface area contributed by atoms with E-state index in [0.29, 0.717) is 13.1 Å². The average Bonchev–Trinajstić information content (AvgIpc) is 2.75. The van der Waals surface area contributed by atoms with Crippen LogP contribution in [0.25, 0.3) is 0 Å². The van der Waals surface area contributed by atoms with E-state index in [-0.39, 0.29) is 19.0 Å². The number of hydrogen-bond acceptors (Lipinski definition) is 3. The monoisotopic (exact) mass is 348 g/mol. The van der Waals surface area contributed by atoms with Gasteiger partial charge in [-0.15, -0.1) is 11.3 Å². The smallest absolute Gasteiger partial charge is 0.317 e. The third-order valence-corrected chi connectivity index (χ3v) is 4.22. The van der Waals surface area contributed by atoms with Crippen molar-refractivity contribution in [1.82, 2.24) is 10.2 Å². The van der Waals surface area contributed by atoms with E-state index in [1.54, 1.807) is 11.3 Å². The maximum absolute atomic E-state index is 11.8. The zero-order chi connectivity index (χ0) is 14.3. The van der Waals surface area contributed by atoms with Crippen LogP contribution in [-0.4, -0.2) is 41.6 Å². The number of urea groups is 1. The number of thiophene rings is 1. The Morgan fingerprint density at radius 3 is 2.74 bits per heavy atom. The van der Waals surface area contributed by atoms with Crippen molar-refractivity contribution < 1.29 is 14.7 Å². The number of carbonyl (C=O) groups is 2. The Balaban J connectivity index is 2.30. The average molecular weight is 349 g/mol. The van der Waals surface area contributed by atoms with Gasteiger partial charge in [-0.1, -0.05) is 0 Å². The van der Waals surface area contributed by atoms with E-state index in [0.717, 1.165) is 10.2 Å². The summed E-state index contributed by atoms with van der Waals surface area (Å²) in [4.78, 5) is 25.0. The number of nitrogens with zero attached hydrogens (tertiary/aromatic N) is 1. The molecule has 0 unspecified atom stereocenters.